The van der Waals surface area contributed by atoms with Crippen LogP contribution in [0.1, 0.15) is 11.1 Å². The van der Waals surface area contributed by atoms with Crippen LogP contribution in [0.4, 0.5) is 0 Å². The average molecular weight is 248 g/mol. The topological polar surface area (TPSA) is 33.1 Å². The van der Waals surface area contributed by atoms with Crippen molar-refractivity contribution in [2.45, 2.75) is 18.9 Å². The van der Waals surface area contributed by atoms with Gasteiger partial charge in [0, 0.05) is 18.8 Å². The predicted octanol–water partition coefficient (Wildman–Crippen LogP) is 2.88. The van der Waals surface area contributed by atoms with Crippen LogP contribution in [-0.4, -0.2) is 16.2 Å². The van der Waals surface area contributed by atoms with Gasteiger partial charge in [-0.3, -0.25) is 4.98 Å². The first-order chi connectivity index (χ1) is 8.25. The van der Waals surface area contributed by atoms with Gasteiger partial charge in [-0.2, -0.15) is 0 Å². The lowest BCUT2D eigenvalue weighted by molar-refractivity contribution is 0.175. The van der Waals surface area contributed by atoms with Crippen LogP contribution >= 0.6 is 11.6 Å². The molecule has 88 valence electrons. The van der Waals surface area contributed by atoms with Crippen molar-refractivity contribution in [2.75, 3.05) is 0 Å². The minimum atomic E-state index is -0.419. The van der Waals surface area contributed by atoms with Crippen molar-refractivity contribution in [1.29, 1.82) is 0 Å². The summed E-state index contributed by atoms with van der Waals surface area (Å²) in [6, 6.07) is 11.8. The average Bonchev–Trinajstić information content (AvgIpc) is 2.33. The summed E-state index contributed by atoms with van der Waals surface area (Å²) in [5.41, 5.74) is 2.07. The molecule has 1 heterocycles. The largest absolute Gasteiger partial charge is 0.392 e. The molecule has 3 heteroatoms. The molecule has 2 rings (SSSR count). The molecule has 0 fully saturated rings. The number of nitrogens with zero attached hydrogens (tertiary/aromatic N) is 1. The maximum absolute atomic E-state index is 10.0. The van der Waals surface area contributed by atoms with Gasteiger partial charge in [0.1, 0.15) is 0 Å². The van der Waals surface area contributed by atoms with E-state index in [1.165, 1.54) is 0 Å². The molecule has 0 spiro atoms. The summed E-state index contributed by atoms with van der Waals surface area (Å²) in [6.45, 7) is 0. The van der Waals surface area contributed by atoms with Crippen LogP contribution in [0.5, 0.6) is 0 Å². The number of aliphatic hydroxyl groups is 1. The van der Waals surface area contributed by atoms with Gasteiger partial charge in [-0.15, -0.1) is 0 Å². The van der Waals surface area contributed by atoms with Crippen LogP contribution in [0.15, 0.2) is 48.8 Å². The second kappa shape index (κ2) is 5.80. The van der Waals surface area contributed by atoms with Crippen molar-refractivity contribution >= 4 is 11.6 Å². The van der Waals surface area contributed by atoms with Crippen LogP contribution in [0.25, 0.3) is 0 Å². The molecule has 0 aliphatic heterocycles. The standard InChI is InChI=1S/C14H14ClNO/c15-14-10-16-7-6-12(14)9-13(17)8-11-4-2-1-3-5-11/h1-7,10,13,17H,8-9H2. The lowest BCUT2D eigenvalue weighted by atomic mass is 10.0. The molecule has 1 N–H and O–H groups in total. The Hall–Kier alpha value is -1.38. The van der Waals surface area contributed by atoms with Crippen molar-refractivity contribution in [3.8, 4) is 0 Å². The zero-order valence-corrected chi connectivity index (χ0v) is 10.1. The second-order valence-corrected chi connectivity index (χ2v) is 4.42. The molecule has 17 heavy (non-hydrogen) atoms. The molecular formula is C14H14ClNO. The highest BCUT2D eigenvalue weighted by atomic mass is 35.5. The molecule has 1 aromatic carbocycles. The van der Waals surface area contributed by atoms with Gasteiger partial charge in [-0.1, -0.05) is 41.9 Å². The third-order valence-electron chi connectivity index (χ3n) is 2.63. The van der Waals surface area contributed by atoms with E-state index in [1.807, 2.05) is 36.4 Å². The quantitative estimate of drug-likeness (QED) is 0.901. The highest BCUT2D eigenvalue weighted by Gasteiger charge is 2.09. The Balaban J connectivity index is 1.98. The number of hydrogen-bond donors (Lipinski definition) is 1. The minimum absolute atomic E-state index is 0.419. The summed E-state index contributed by atoms with van der Waals surface area (Å²) < 4.78 is 0. The number of aromatic nitrogens is 1. The maximum atomic E-state index is 10.0. The first kappa shape index (κ1) is 12.1. The molecular weight excluding hydrogens is 234 g/mol. The second-order valence-electron chi connectivity index (χ2n) is 4.01. The first-order valence-electron chi connectivity index (χ1n) is 5.56. The molecule has 0 aliphatic rings. The van der Waals surface area contributed by atoms with Gasteiger partial charge in [-0.25, -0.2) is 0 Å². The molecule has 0 amide bonds. The Morgan fingerprint density at radius 2 is 1.88 bits per heavy atom. The number of halogens is 1. The van der Waals surface area contributed by atoms with Crippen molar-refractivity contribution in [3.63, 3.8) is 0 Å². The molecule has 0 saturated carbocycles. The van der Waals surface area contributed by atoms with E-state index < -0.39 is 6.10 Å². The van der Waals surface area contributed by atoms with Gasteiger partial charge in [0.15, 0.2) is 0 Å². The zero-order chi connectivity index (χ0) is 12.1. The van der Waals surface area contributed by atoms with Gasteiger partial charge in [0.05, 0.1) is 11.1 Å². The van der Waals surface area contributed by atoms with Crippen molar-refractivity contribution < 1.29 is 5.11 Å². The summed E-state index contributed by atoms with van der Waals surface area (Å²) in [5.74, 6) is 0. The highest BCUT2D eigenvalue weighted by molar-refractivity contribution is 6.31. The number of pyridine rings is 1. The maximum Gasteiger partial charge on any atom is 0.0622 e. The van der Waals surface area contributed by atoms with Gasteiger partial charge in [-0.05, 0) is 23.6 Å². The molecule has 2 nitrogen and oxygen atoms in total. The monoisotopic (exact) mass is 247 g/mol. The fourth-order valence-corrected chi connectivity index (χ4v) is 1.98. The summed E-state index contributed by atoms with van der Waals surface area (Å²) in [6.07, 6.45) is 4.07. The molecule has 2 aromatic rings. The molecule has 0 radical (unpaired) electrons. The van der Waals surface area contributed by atoms with E-state index in [2.05, 4.69) is 4.98 Å². The van der Waals surface area contributed by atoms with Crippen molar-refractivity contribution in [2.24, 2.45) is 0 Å². The SMILES string of the molecule is OC(Cc1ccccc1)Cc1ccncc1Cl. The first-order valence-corrected chi connectivity index (χ1v) is 5.94. The van der Waals surface area contributed by atoms with E-state index >= 15 is 0 Å². The van der Waals surface area contributed by atoms with E-state index in [4.69, 9.17) is 11.6 Å². The Bertz CT molecular complexity index is 473. The van der Waals surface area contributed by atoms with Gasteiger partial charge >= 0.3 is 0 Å². The van der Waals surface area contributed by atoms with Gasteiger partial charge in [0.2, 0.25) is 0 Å². The van der Waals surface area contributed by atoms with E-state index in [0.29, 0.717) is 17.9 Å². The van der Waals surface area contributed by atoms with E-state index in [0.717, 1.165) is 11.1 Å². The van der Waals surface area contributed by atoms with Gasteiger partial charge < -0.3 is 5.11 Å². The zero-order valence-electron chi connectivity index (χ0n) is 9.38. The molecule has 1 atom stereocenters. The number of benzene rings is 1. The fraction of sp³-hybridized carbons (Fsp3) is 0.214. The minimum Gasteiger partial charge on any atom is -0.392 e. The van der Waals surface area contributed by atoms with Crippen molar-refractivity contribution in [3.05, 3.63) is 64.9 Å². The molecule has 1 aromatic heterocycles. The van der Waals surface area contributed by atoms with Crippen LogP contribution < -0.4 is 0 Å². The van der Waals surface area contributed by atoms with Gasteiger partial charge in [0.25, 0.3) is 0 Å². The predicted molar refractivity (Wildman–Crippen MR) is 69.1 cm³/mol. The number of rotatable bonds is 4. The molecule has 0 aliphatic carbocycles. The lowest BCUT2D eigenvalue weighted by Crippen LogP contribution is -2.14. The third-order valence-corrected chi connectivity index (χ3v) is 2.97. The number of hydrogen-bond acceptors (Lipinski definition) is 2. The summed E-state index contributed by atoms with van der Waals surface area (Å²) in [5, 5.41) is 10.6. The highest BCUT2D eigenvalue weighted by Crippen LogP contribution is 2.16. The summed E-state index contributed by atoms with van der Waals surface area (Å²) in [4.78, 5) is 3.92. The van der Waals surface area contributed by atoms with Crippen LogP contribution in [0.2, 0.25) is 5.02 Å². The third kappa shape index (κ3) is 3.55. The van der Waals surface area contributed by atoms with Crippen LogP contribution in [0.3, 0.4) is 0 Å². The van der Waals surface area contributed by atoms with E-state index in [-0.39, 0.29) is 0 Å². The van der Waals surface area contributed by atoms with Crippen molar-refractivity contribution in [1.82, 2.24) is 4.98 Å². The Morgan fingerprint density at radius 1 is 1.12 bits per heavy atom. The van der Waals surface area contributed by atoms with E-state index in [9.17, 15) is 5.11 Å². The molecule has 1 unspecified atom stereocenters. The number of aliphatic hydroxyl groups excluding tert-OH is 1. The fourth-order valence-electron chi connectivity index (χ4n) is 1.78. The summed E-state index contributed by atoms with van der Waals surface area (Å²) in [7, 11) is 0. The Morgan fingerprint density at radius 3 is 2.59 bits per heavy atom. The Kier molecular flexibility index (Phi) is 4.13. The van der Waals surface area contributed by atoms with Crippen LogP contribution in [-0.2, 0) is 12.8 Å². The lowest BCUT2D eigenvalue weighted by Gasteiger charge is -2.11. The summed E-state index contributed by atoms with van der Waals surface area (Å²) >= 11 is 6.00. The Labute approximate surface area is 106 Å². The van der Waals surface area contributed by atoms with E-state index in [1.54, 1.807) is 12.4 Å². The normalized spacial score (nSPS) is 12.4. The molecule has 0 saturated heterocycles. The van der Waals surface area contributed by atoms with Crippen LogP contribution in [0, 0.1) is 0 Å². The molecule has 0 bridgehead atoms. The smallest absolute Gasteiger partial charge is 0.0622 e.